The van der Waals surface area contributed by atoms with Crippen LogP contribution < -0.4 is 16.0 Å². The number of nitrogens with one attached hydrogen (secondary N) is 3. The first kappa shape index (κ1) is 32.3. The monoisotopic (exact) mass is 613 g/mol. The standard InChI is InChI=1S/C35H39N3O5S/c1-24-10-7-8-14-29(24)37-33(41)36-27-17-15-25(16-18-27)13-9-21-35(2,3)31-20-19-28(44-31)22-30(32(39)40)38-34(42)43-23-26-11-5-4-6-12-26/h4-8,10-12,14-20,30H,9,13,21-23H2,1-3H3,(H,38,42)(H,39,40)(H2,36,37,41). The maximum Gasteiger partial charge on any atom is 0.408 e. The maximum atomic E-state index is 12.4. The van der Waals surface area contributed by atoms with Gasteiger partial charge in [-0.15, -0.1) is 11.3 Å². The van der Waals surface area contributed by atoms with Crippen molar-refractivity contribution in [1.29, 1.82) is 0 Å². The summed E-state index contributed by atoms with van der Waals surface area (Å²) in [5.74, 6) is -1.11. The number of benzene rings is 3. The Morgan fingerprint density at radius 3 is 2.27 bits per heavy atom. The van der Waals surface area contributed by atoms with Gasteiger partial charge in [-0.3, -0.25) is 0 Å². The molecule has 0 fully saturated rings. The molecule has 4 N–H and O–H groups in total. The lowest BCUT2D eigenvalue weighted by Gasteiger charge is -2.23. The Kier molecular flexibility index (Phi) is 11.2. The summed E-state index contributed by atoms with van der Waals surface area (Å²) in [7, 11) is 0. The predicted molar refractivity (Wildman–Crippen MR) is 175 cm³/mol. The first-order valence-corrected chi connectivity index (χ1v) is 15.4. The lowest BCUT2D eigenvalue weighted by molar-refractivity contribution is -0.139. The number of carboxylic acid groups (broad SMARTS) is 1. The van der Waals surface area contributed by atoms with Gasteiger partial charge in [-0.05, 0) is 78.6 Å². The van der Waals surface area contributed by atoms with Gasteiger partial charge >= 0.3 is 18.1 Å². The lowest BCUT2D eigenvalue weighted by atomic mass is 9.85. The van der Waals surface area contributed by atoms with E-state index < -0.39 is 18.1 Å². The molecule has 0 saturated heterocycles. The van der Waals surface area contributed by atoms with Crippen molar-refractivity contribution in [1.82, 2.24) is 5.32 Å². The van der Waals surface area contributed by atoms with Crippen LogP contribution in [0.4, 0.5) is 21.0 Å². The number of hydrogen-bond donors (Lipinski definition) is 4. The molecule has 44 heavy (non-hydrogen) atoms. The van der Waals surface area contributed by atoms with E-state index in [9.17, 15) is 19.5 Å². The summed E-state index contributed by atoms with van der Waals surface area (Å²) in [5, 5.41) is 17.9. The minimum Gasteiger partial charge on any atom is -0.480 e. The van der Waals surface area contributed by atoms with Gasteiger partial charge in [0.25, 0.3) is 0 Å². The Morgan fingerprint density at radius 1 is 0.864 bits per heavy atom. The number of aliphatic carboxylic acids is 1. The fraction of sp³-hybridized carbons (Fsp3) is 0.286. The fourth-order valence-electron chi connectivity index (χ4n) is 4.77. The van der Waals surface area contributed by atoms with Crippen LogP contribution >= 0.6 is 11.3 Å². The lowest BCUT2D eigenvalue weighted by Crippen LogP contribution is -2.42. The summed E-state index contributed by atoms with van der Waals surface area (Å²) in [4.78, 5) is 38.5. The molecule has 1 unspecified atom stereocenters. The average Bonchev–Trinajstić information content (AvgIpc) is 3.48. The third kappa shape index (κ3) is 9.70. The molecule has 0 aliphatic heterocycles. The molecule has 0 bridgehead atoms. The number of carbonyl (C=O) groups excluding carboxylic acids is 2. The van der Waals surface area contributed by atoms with E-state index in [1.54, 1.807) is 11.3 Å². The quantitative estimate of drug-likeness (QED) is 0.122. The molecule has 1 heterocycles. The Hall–Kier alpha value is -4.63. The Bertz CT molecular complexity index is 1550. The first-order chi connectivity index (χ1) is 21.1. The van der Waals surface area contributed by atoms with Crippen molar-refractivity contribution in [3.8, 4) is 0 Å². The van der Waals surface area contributed by atoms with Crippen LogP contribution in [0.5, 0.6) is 0 Å². The van der Waals surface area contributed by atoms with Gasteiger partial charge in [-0.25, -0.2) is 14.4 Å². The number of amides is 3. The van der Waals surface area contributed by atoms with E-state index in [1.807, 2.05) is 91.9 Å². The Labute approximate surface area is 262 Å². The second-order valence-electron chi connectivity index (χ2n) is 11.4. The number of carbonyl (C=O) groups is 3. The molecule has 1 aromatic heterocycles. The SMILES string of the molecule is Cc1ccccc1NC(=O)Nc1ccc(CCCC(C)(C)c2ccc(CC(NC(=O)OCc3ccccc3)C(=O)O)s2)cc1. The van der Waals surface area contributed by atoms with Gasteiger partial charge in [0.15, 0.2) is 0 Å². The zero-order valence-electron chi connectivity index (χ0n) is 25.3. The number of para-hydroxylation sites is 1. The van der Waals surface area contributed by atoms with Gasteiger partial charge < -0.3 is 25.8 Å². The highest BCUT2D eigenvalue weighted by Gasteiger charge is 2.25. The van der Waals surface area contributed by atoms with Crippen molar-refractivity contribution in [3.05, 3.63) is 117 Å². The molecule has 8 nitrogen and oxygen atoms in total. The van der Waals surface area contributed by atoms with Crippen molar-refractivity contribution in [2.45, 2.75) is 64.5 Å². The number of anilines is 2. The maximum absolute atomic E-state index is 12.4. The third-order valence-electron chi connectivity index (χ3n) is 7.41. The largest absolute Gasteiger partial charge is 0.480 e. The number of alkyl carbamates (subject to hydrolysis) is 1. The summed E-state index contributed by atoms with van der Waals surface area (Å²) in [6.45, 7) is 6.40. The van der Waals surface area contributed by atoms with Gasteiger partial charge in [0.05, 0.1) is 0 Å². The summed E-state index contributed by atoms with van der Waals surface area (Å²) < 4.78 is 5.20. The molecule has 3 aromatic carbocycles. The summed E-state index contributed by atoms with van der Waals surface area (Å²) in [5.41, 5.74) is 4.42. The number of thiophene rings is 1. The van der Waals surface area contributed by atoms with Crippen LogP contribution in [0.25, 0.3) is 0 Å². The number of urea groups is 1. The molecule has 0 saturated carbocycles. The summed E-state index contributed by atoms with van der Waals surface area (Å²) in [6.07, 6.45) is 2.23. The van der Waals surface area contributed by atoms with Crippen LogP contribution in [-0.2, 0) is 34.4 Å². The Balaban J connectivity index is 1.23. The van der Waals surface area contributed by atoms with Crippen molar-refractivity contribution in [2.24, 2.45) is 0 Å². The molecule has 4 aromatic rings. The molecule has 9 heteroatoms. The van der Waals surface area contributed by atoms with Crippen LogP contribution in [0.3, 0.4) is 0 Å². The smallest absolute Gasteiger partial charge is 0.408 e. The topological polar surface area (TPSA) is 117 Å². The minimum atomic E-state index is -1.11. The van der Waals surface area contributed by atoms with Gasteiger partial charge in [-0.2, -0.15) is 0 Å². The van der Waals surface area contributed by atoms with E-state index in [4.69, 9.17) is 4.74 Å². The number of ether oxygens (including phenoxy) is 1. The molecule has 1 atom stereocenters. The van der Waals surface area contributed by atoms with Gasteiger partial charge in [0, 0.05) is 27.5 Å². The fourth-order valence-corrected chi connectivity index (χ4v) is 5.95. The molecule has 0 radical (unpaired) electrons. The van der Waals surface area contributed by atoms with Crippen LogP contribution in [0.15, 0.2) is 91.0 Å². The molecule has 230 valence electrons. The number of carboxylic acids is 1. The van der Waals surface area contributed by atoms with Crippen LogP contribution in [0.2, 0.25) is 0 Å². The Morgan fingerprint density at radius 2 is 1.57 bits per heavy atom. The van der Waals surface area contributed by atoms with Crippen LogP contribution in [-0.4, -0.2) is 29.2 Å². The van der Waals surface area contributed by atoms with Gasteiger partial charge in [0.1, 0.15) is 12.6 Å². The first-order valence-electron chi connectivity index (χ1n) is 14.6. The molecule has 0 spiro atoms. The van der Waals surface area contributed by atoms with Crippen molar-refractivity contribution < 1.29 is 24.2 Å². The normalized spacial score (nSPS) is 11.8. The number of hydrogen-bond acceptors (Lipinski definition) is 5. The number of aryl methyl sites for hydroxylation is 2. The van der Waals surface area contributed by atoms with E-state index in [2.05, 4.69) is 35.9 Å². The molecule has 0 aliphatic rings. The highest BCUT2D eigenvalue weighted by atomic mass is 32.1. The van der Waals surface area contributed by atoms with Crippen molar-refractivity contribution in [2.75, 3.05) is 10.6 Å². The van der Waals surface area contributed by atoms with E-state index in [0.29, 0.717) is 0 Å². The van der Waals surface area contributed by atoms with Crippen molar-refractivity contribution >= 4 is 40.8 Å². The van der Waals surface area contributed by atoms with Gasteiger partial charge in [0.2, 0.25) is 0 Å². The highest BCUT2D eigenvalue weighted by molar-refractivity contribution is 7.12. The molecular weight excluding hydrogens is 574 g/mol. The second kappa shape index (κ2) is 15.2. The summed E-state index contributed by atoms with van der Waals surface area (Å²) >= 11 is 1.58. The molecular formula is C35H39N3O5S. The zero-order valence-corrected chi connectivity index (χ0v) is 26.1. The molecule has 0 aliphatic carbocycles. The van der Waals surface area contributed by atoms with E-state index >= 15 is 0 Å². The third-order valence-corrected chi connectivity index (χ3v) is 8.88. The summed E-state index contributed by atoms with van der Waals surface area (Å²) in [6, 6.07) is 27.4. The van der Waals surface area contributed by atoms with E-state index in [-0.39, 0.29) is 24.5 Å². The minimum absolute atomic E-state index is 0.0725. The van der Waals surface area contributed by atoms with E-state index in [1.165, 1.54) is 10.4 Å². The molecule has 4 rings (SSSR count). The van der Waals surface area contributed by atoms with Crippen LogP contribution in [0, 0.1) is 6.92 Å². The van der Waals surface area contributed by atoms with Crippen molar-refractivity contribution in [3.63, 3.8) is 0 Å². The second-order valence-corrected chi connectivity index (χ2v) is 12.6. The van der Waals surface area contributed by atoms with E-state index in [0.717, 1.165) is 46.6 Å². The average molecular weight is 614 g/mol. The molecule has 3 amide bonds. The predicted octanol–water partition coefficient (Wildman–Crippen LogP) is 7.92. The number of rotatable bonds is 13. The zero-order chi connectivity index (χ0) is 31.5. The van der Waals surface area contributed by atoms with Crippen LogP contribution in [0.1, 0.15) is 53.1 Å². The van der Waals surface area contributed by atoms with Gasteiger partial charge in [-0.1, -0.05) is 74.5 Å². The highest BCUT2D eigenvalue weighted by Crippen LogP contribution is 2.35.